The second-order valence-electron chi connectivity index (χ2n) is 4.36. The molecule has 3 nitrogen and oxygen atoms in total. The summed E-state index contributed by atoms with van der Waals surface area (Å²) in [5.74, 6) is -1.30. The standard InChI is InChI=1S/C14H10F2N2OS/c1-7-2-3-20-13(7)12-11(14(17)19-18-12)8-4-9(15)6-10(16)5-8/h2-6H,17H2,1H3. The zero-order valence-corrected chi connectivity index (χ0v) is 11.3. The first-order valence-electron chi connectivity index (χ1n) is 5.82. The van der Waals surface area contributed by atoms with Crippen molar-refractivity contribution in [2.75, 3.05) is 5.73 Å². The summed E-state index contributed by atoms with van der Waals surface area (Å²) in [6, 6.07) is 5.15. The van der Waals surface area contributed by atoms with Gasteiger partial charge in [-0.05, 0) is 41.6 Å². The van der Waals surface area contributed by atoms with Crippen molar-refractivity contribution >= 4 is 17.2 Å². The molecule has 20 heavy (non-hydrogen) atoms. The predicted molar refractivity (Wildman–Crippen MR) is 74.3 cm³/mol. The van der Waals surface area contributed by atoms with Crippen LogP contribution in [-0.4, -0.2) is 5.16 Å². The highest BCUT2D eigenvalue weighted by atomic mass is 32.1. The zero-order chi connectivity index (χ0) is 14.3. The summed E-state index contributed by atoms with van der Waals surface area (Å²) in [4.78, 5) is 0.866. The van der Waals surface area contributed by atoms with Gasteiger partial charge in [-0.25, -0.2) is 8.78 Å². The molecule has 0 unspecified atom stereocenters. The van der Waals surface area contributed by atoms with Crippen LogP contribution in [0.2, 0.25) is 0 Å². The molecule has 0 atom stereocenters. The maximum absolute atomic E-state index is 13.4. The van der Waals surface area contributed by atoms with Crippen LogP contribution in [0.25, 0.3) is 21.7 Å². The van der Waals surface area contributed by atoms with Crippen molar-refractivity contribution in [3.8, 4) is 21.7 Å². The van der Waals surface area contributed by atoms with Gasteiger partial charge in [-0.3, -0.25) is 0 Å². The lowest BCUT2D eigenvalue weighted by molar-refractivity contribution is 0.439. The van der Waals surface area contributed by atoms with Gasteiger partial charge < -0.3 is 10.3 Å². The minimum Gasteiger partial charge on any atom is -0.367 e. The molecular weight excluding hydrogens is 282 g/mol. The molecule has 102 valence electrons. The monoisotopic (exact) mass is 292 g/mol. The van der Waals surface area contributed by atoms with Crippen LogP contribution in [0.1, 0.15) is 5.56 Å². The third-order valence-corrected chi connectivity index (χ3v) is 3.97. The van der Waals surface area contributed by atoms with Crippen LogP contribution in [0.3, 0.4) is 0 Å². The Morgan fingerprint density at radius 3 is 2.50 bits per heavy atom. The highest BCUT2D eigenvalue weighted by Gasteiger charge is 2.20. The smallest absolute Gasteiger partial charge is 0.230 e. The molecule has 0 fully saturated rings. The van der Waals surface area contributed by atoms with E-state index in [9.17, 15) is 8.78 Å². The predicted octanol–water partition coefficient (Wildman–Crippen LogP) is 4.24. The van der Waals surface area contributed by atoms with E-state index in [-0.39, 0.29) is 5.88 Å². The van der Waals surface area contributed by atoms with Crippen molar-refractivity contribution < 1.29 is 13.3 Å². The van der Waals surface area contributed by atoms with Gasteiger partial charge in [0, 0.05) is 6.07 Å². The summed E-state index contributed by atoms with van der Waals surface area (Å²) >= 11 is 1.47. The van der Waals surface area contributed by atoms with Crippen LogP contribution >= 0.6 is 11.3 Å². The van der Waals surface area contributed by atoms with E-state index in [2.05, 4.69) is 5.16 Å². The molecule has 2 heterocycles. The number of halogens is 2. The van der Waals surface area contributed by atoms with Gasteiger partial charge in [0.25, 0.3) is 0 Å². The van der Waals surface area contributed by atoms with E-state index in [0.29, 0.717) is 16.8 Å². The third kappa shape index (κ3) is 2.08. The number of nitrogens with zero attached hydrogens (tertiary/aromatic N) is 1. The van der Waals surface area contributed by atoms with Crippen LogP contribution in [0.5, 0.6) is 0 Å². The average Bonchev–Trinajstić information content (AvgIpc) is 2.93. The number of benzene rings is 1. The molecule has 0 spiro atoms. The molecule has 0 saturated carbocycles. The number of rotatable bonds is 2. The average molecular weight is 292 g/mol. The van der Waals surface area contributed by atoms with Crippen molar-refractivity contribution in [2.24, 2.45) is 0 Å². The molecule has 1 aromatic carbocycles. The molecule has 0 amide bonds. The quantitative estimate of drug-likeness (QED) is 0.768. The summed E-state index contributed by atoms with van der Waals surface area (Å²) in [5.41, 5.74) is 7.98. The fourth-order valence-corrected chi connectivity index (χ4v) is 2.96. The molecule has 0 aliphatic carbocycles. The Kier molecular flexibility index (Phi) is 3.02. The topological polar surface area (TPSA) is 52.0 Å². The van der Waals surface area contributed by atoms with E-state index in [4.69, 9.17) is 10.3 Å². The van der Waals surface area contributed by atoms with Gasteiger partial charge in [0.05, 0.1) is 10.4 Å². The van der Waals surface area contributed by atoms with E-state index in [1.165, 1.54) is 23.5 Å². The fourth-order valence-electron chi connectivity index (χ4n) is 2.05. The van der Waals surface area contributed by atoms with Crippen molar-refractivity contribution in [1.29, 1.82) is 0 Å². The largest absolute Gasteiger partial charge is 0.367 e. The van der Waals surface area contributed by atoms with Crippen molar-refractivity contribution in [2.45, 2.75) is 6.92 Å². The molecule has 0 saturated heterocycles. The molecule has 0 aliphatic rings. The number of anilines is 1. The van der Waals surface area contributed by atoms with Crippen LogP contribution < -0.4 is 5.73 Å². The summed E-state index contributed by atoms with van der Waals surface area (Å²) in [7, 11) is 0. The lowest BCUT2D eigenvalue weighted by atomic mass is 10.0. The Labute approximate surface area is 117 Å². The summed E-state index contributed by atoms with van der Waals surface area (Å²) in [6.45, 7) is 1.92. The SMILES string of the molecule is Cc1ccsc1-c1noc(N)c1-c1cc(F)cc(F)c1. The van der Waals surface area contributed by atoms with Gasteiger partial charge in [-0.1, -0.05) is 5.16 Å². The summed E-state index contributed by atoms with van der Waals surface area (Å²) in [5, 5.41) is 5.83. The number of hydrogen-bond acceptors (Lipinski definition) is 4. The molecule has 0 bridgehead atoms. The highest BCUT2D eigenvalue weighted by molar-refractivity contribution is 7.13. The maximum Gasteiger partial charge on any atom is 0.230 e. The number of nitrogens with two attached hydrogens (primary N) is 1. The molecule has 3 aromatic rings. The van der Waals surface area contributed by atoms with Gasteiger partial charge in [0.15, 0.2) is 0 Å². The maximum atomic E-state index is 13.4. The van der Waals surface area contributed by atoms with E-state index >= 15 is 0 Å². The van der Waals surface area contributed by atoms with Crippen LogP contribution in [0.4, 0.5) is 14.7 Å². The van der Waals surface area contributed by atoms with E-state index in [0.717, 1.165) is 16.5 Å². The van der Waals surface area contributed by atoms with Gasteiger partial charge in [0.1, 0.15) is 17.3 Å². The van der Waals surface area contributed by atoms with Gasteiger partial charge in [0.2, 0.25) is 5.88 Å². The second kappa shape index (κ2) is 4.72. The number of thiophene rings is 1. The number of hydrogen-bond donors (Lipinski definition) is 1. The van der Waals surface area contributed by atoms with E-state index < -0.39 is 11.6 Å². The normalized spacial score (nSPS) is 10.9. The minimum atomic E-state index is -0.672. The Bertz CT molecular complexity index is 759. The Morgan fingerprint density at radius 2 is 1.90 bits per heavy atom. The van der Waals surface area contributed by atoms with Crippen LogP contribution in [-0.2, 0) is 0 Å². The molecule has 0 aliphatic heterocycles. The lowest BCUT2D eigenvalue weighted by Gasteiger charge is -2.03. The molecule has 3 rings (SSSR count). The molecule has 2 N–H and O–H groups in total. The van der Waals surface area contributed by atoms with Gasteiger partial charge >= 0.3 is 0 Å². The molecule has 0 radical (unpaired) electrons. The van der Waals surface area contributed by atoms with Crippen molar-refractivity contribution in [3.63, 3.8) is 0 Å². The summed E-state index contributed by atoms with van der Waals surface area (Å²) < 4.78 is 31.7. The lowest BCUT2D eigenvalue weighted by Crippen LogP contribution is -1.90. The molecule has 2 aromatic heterocycles. The number of aryl methyl sites for hydroxylation is 1. The first kappa shape index (κ1) is 12.8. The second-order valence-corrected chi connectivity index (χ2v) is 5.28. The number of aromatic nitrogens is 1. The molecule has 6 heteroatoms. The zero-order valence-electron chi connectivity index (χ0n) is 10.5. The van der Waals surface area contributed by atoms with Crippen molar-refractivity contribution in [3.05, 3.63) is 46.8 Å². The summed E-state index contributed by atoms with van der Waals surface area (Å²) in [6.07, 6.45) is 0. The van der Waals surface area contributed by atoms with E-state index in [1.54, 1.807) is 0 Å². The van der Waals surface area contributed by atoms with Gasteiger partial charge in [-0.15, -0.1) is 11.3 Å². The fraction of sp³-hybridized carbons (Fsp3) is 0.0714. The molecular formula is C14H10F2N2OS. The Balaban J connectivity index is 2.24. The third-order valence-electron chi connectivity index (χ3n) is 2.95. The minimum absolute atomic E-state index is 0.0396. The van der Waals surface area contributed by atoms with Crippen LogP contribution in [0, 0.1) is 18.6 Å². The van der Waals surface area contributed by atoms with Crippen LogP contribution in [0.15, 0.2) is 34.2 Å². The first-order valence-corrected chi connectivity index (χ1v) is 6.70. The van der Waals surface area contributed by atoms with Gasteiger partial charge in [-0.2, -0.15) is 0 Å². The Hall–Kier alpha value is -2.21. The van der Waals surface area contributed by atoms with Crippen molar-refractivity contribution in [1.82, 2.24) is 5.16 Å². The highest BCUT2D eigenvalue weighted by Crippen LogP contribution is 2.40. The Morgan fingerprint density at radius 1 is 1.20 bits per heavy atom. The number of nitrogen functional groups attached to an aromatic ring is 1. The van der Waals surface area contributed by atoms with E-state index in [1.807, 2.05) is 18.4 Å². The first-order chi connectivity index (χ1) is 9.56.